The number of urea groups is 1. The number of aromatic nitrogens is 3. The average molecular weight is 331 g/mol. The van der Waals surface area contributed by atoms with Crippen LogP contribution in [-0.4, -0.2) is 49.8 Å². The molecule has 2 amide bonds. The first kappa shape index (κ1) is 15.9. The fraction of sp³-hybridized carbons (Fsp3) is 0.438. The number of rotatable bonds is 3. The molecule has 1 fully saturated rings. The first-order valence-electron chi connectivity index (χ1n) is 7.80. The van der Waals surface area contributed by atoms with Gasteiger partial charge in [-0.15, -0.1) is 0 Å². The Balaban J connectivity index is 1.61. The van der Waals surface area contributed by atoms with Crippen molar-refractivity contribution in [3.05, 3.63) is 42.5 Å². The van der Waals surface area contributed by atoms with Gasteiger partial charge in [0, 0.05) is 30.7 Å². The van der Waals surface area contributed by atoms with Crippen LogP contribution in [0.2, 0.25) is 0 Å². The molecule has 0 aliphatic carbocycles. The van der Waals surface area contributed by atoms with Crippen LogP contribution >= 0.6 is 11.8 Å². The molecule has 6 nitrogen and oxygen atoms in total. The number of carbonyl (C=O) groups excluding carboxylic acids is 1. The minimum atomic E-state index is -0.0441. The van der Waals surface area contributed by atoms with Crippen molar-refractivity contribution < 1.29 is 4.79 Å². The van der Waals surface area contributed by atoms with Gasteiger partial charge in [-0.1, -0.05) is 6.07 Å². The van der Waals surface area contributed by atoms with Crippen molar-refractivity contribution in [3.63, 3.8) is 0 Å². The quantitative estimate of drug-likeness (QED) is 0.939. The molecule has 2 aromatic rings. The van der Waals surface area contributed by atoms with Crippen LogP contribution in [0, 0.1) is 0 Å². The Morgan fingerprint density at radius 2 is 2.35 bits per heavy atom. The lowest BCUT2D eigenvalue weighted by molar-refractivity contribution is 0.197. The number of nitrogens with zero attached hydrogens (tertiary/aromatic N) is 4. The summed E-state index contributed by atoms with van der Waals surface area (Å²) >= 11 is 1.91. The van der Waals surface area contributed by atoms with Crippen LogP contribution in [0.1, 0.15) is 19.0 Å². The molecule has 1 saturated heterocycles. The van der Waals surface area contributed by atoms with E-state index in [1.807, 2.05) is 41.1 Å². The molecule has 0 bridgehead atoms. The molecule has 2 aromatic heterocycles. The fourth-order valence-electron chi connectivity index (χ4n) is 2.56. The van der Waals surface area contributed by atoms with Crippen LogP contribution in [0.3, 0.4) is 0 Å². The van der Waals surface area contributed by atoms with Gasteiger partial charge in [-0.2, -0.15) is 16.9 Å². The first-order chi connectivity index (χ1) is 11.2. The summed E-state index contributed by atoms with van der Waals surface area (Å²) in [6, 6.07) is 6.02. The largest absolute Gasteiger partial charge is 0.322 e. The first-order valence-corrected chi connectivity index (χ1v) is 8.95. The van der Waals surface area contributed by atoms with E-state index in [9.17, 15) is 4.79 Å². The number of thioether (sulfide) groups is 1. The van der Waals surface area contributed by atoms with Gasteiger partial charge in [-0.3, -0.25) is 9.67 Å². The second kappa shape index (κ2) is 7.50. The second-order valence-electron chi connectivity index (χ2n) is 5.62. The Morgan fingerprint density at radius 1 is 1.43 bits per heavy atom. The normalized spacial score (nSPS) is 18.5. The number of hydrogen-bond donors (Lipinski definition) is 1. The summed E-state index contributed by atoms with van der Waals surface area (Å²) in [7, 11) is 0. The number of nitrogens with one attached hydrogen (secondary N) is 1. The summed E-state index contributed by atoms with van der Waals surface area (Å²) in [6.45, 7) is 3.49. The fourth-order valence-corrected chi connectivity index (χ4v) is 3.60. The summed E-state index contributed by atoms with van der Waals surface area (Å²) in [4.78, 5) is 18.6. The van der Waals surface area contributed by atoms with Crippen molar-refractivity contribution in [2.24, 2.45) is 0 Å². The molecule has 1 aliphatic rings. The third-order valence-electron chi connectivity index (χ3n) is 3.88. The number of anilines is 1. The third kappa shape index (κ3) is 4.25. The van der Waals surface area contributed by atoms with Gasteiger partial charge in [0.25, 0.3) is 0 Å². The van der Waals surface area contributed by atoms with Crippen LogP contribution in [0.5, 0.6) is 0 Å². The maximum Gasteiger partial charge on any atom is 0.322 e. The topological polar surface area (TPSA) is 63.1 Å². The van der Waals surface area contributed by atoms with Gasteiger partial charge in [0.05, 0.1) is 24.1 Å². The summed E-state index contributed by atoms with van der Waals surface area (Å²) < 4.78 is 1.78. The SMILES string of the molecule is CC1CCSCCN1C(=O)Nc1cnn(Cc2ccccn2)c1. The molecule has 1 atom stereocenters. The van der Waals surface area contributed by atoms with E-state index in [0.29, 0.717) is 6.54 Å². The van der Waals surface area contributed by atoms with Crippen molar-refractivity contribution in [1.82, 2.24) is 19.7 Å². The van der Waals surface area contributed by atoms with Crippen molar-refractivity contribution in [3.8, 4) is 0 Å². The zero-order chi connectivity index (χ0) is 16.1. The summed E-state index contributed by atoms with van der Waals surface area (Å²) in [6.07, 6.45) is 6.32. The highest BCUT2D eigenvalue weighted by Gasteiger charge is 2.22. The van der Waals surface area contributed by atoms with Gasteiger partial charge in [0.1, 0.15) is 0 Å². The molecule has 0 aromatic carbocycles. The highest BCUT2D eigenvalue weighted by atomic mass is 32.2. The Hall–Kier alpha value is -2.02. The maximum absolute atomic E-state index is 12.5. The summed E-state index contributed by atoms with van der Waals surface area (Å²) in [5.41, 5.74) is 1.65. The number of carbonyl (C=O) groups is 1. The van der Waals surface area contributed by atoms with Gasteiger partial charge in [0.2, 0.25) is 0 Å². The monoisotopic (exact) mass is 331 g/mol. The lowest BCUT2D eigenvalue weighted by Gasteiger charge is -2.26. The van der Waals surface area contributed by atoms with E-state index >= 15 is 0 Å². The standard InChI is InChI=1S/C16H21N5OS/c1-13-5-8-23-9-7-21(13)16(22)19-15-10-18-20(12-15)11-14-4-2-3-6-17-14/h2-4,6,10,12-13H,5,7-9,11H2,1H3,(H,19,22). The van der Waals surface area contributed by atoms with E-state index in [-0.39, 0.29) is 12.1 Å². The number of hydrogen-bond acceptors (Lipinski definition) is 4. The second-order valence-corrected chi connectivity index (χ2v) is 6.85. The van der Waals surface area contributed by atoms with E-state index in [1.165, 1.54) is 0 Å². The molecule has 7 heteroatoms. The molecule has 0 saturated carbocycles. The van der Waals surface area contributed by atoms with Gasteiger partial charge >= 0.3 is 6.03 Å². The van der Waals surface area contributed by atoms with Crippen LogP contribution in [-0.2, 0) is 6.54 Å². The third-order valence-corrected chi connectivity index (χ3v) is 4.88. The van der Waals surface area contributed by atoms with E-state index in [4.69, 9.17) is 0 Å². The molecular formula is C16H21N5OS. The van der Waals surface area contributed by atoms with Gasteiger partial charge in [0.15, 0.2) is 0 Å². The molecule has 1 N–H and O–H groups in total. The van der Waals surface area contributed by atoms with Crippen LogP contribution in [0.4, 0.5) is 10.5 Å². The van der Waals surface area contributed by atoms with Crippen molar-refractivity contribution in [2.75, 3.05) is 23.4 Å². The van der Waals surface area contributed by atoms with Crippen molar-refractivity contribution in [1.29, 1.82) is 0 Å². The van der Waals surface area contributed by atoms with Crippen LogP contribution in [0.25, 0.3) is 0 Å². The molecule has 1 aliphatic heterocycles. The number of amides is 2. The lowest BCUT2D eigenvalue weighted by Crippen LogP contribution is -2.41. The Morgan fingerprint density at radius 3 is 3.17 bits per heavy atom. The summed E-state index contributed by atoms with van der Waals surface area (Å²) in [5.74, 6) is 2.11. The zero-order valence-corrected chi connectivity index (χ0v) is 14.0. The van der Waals surface area contributed by atoms with Crippen molar-refractivity contribution in [2.45, 2.75) is 25.9 Å². The minimum absolute atomic E-state index is 0.0441. The van der Waals surface area contributed by atoms with Gasteiger partial charge in [-0.05, 0) is 31.2 Å². The Kier molecular flexibility index (Phi) is 5.17. The average Bonchev–Trinajstić information content (AvgIpc) is 2.86. The highest BCUT2D eigenvalue weighted by molar-refractivity contribution is 7.99. The number of pyridine rings is 1. The molecule has 23 heavy (non-hydrogen) atoms. The van der Waals surface area contributed by atoms with Crippen LogP contribution in [0.15, 0.2) is 36.8 Å². The Labute approximate surface area is 140 Å². The maximum atomic E-state index is 12.5. The van der Waals surface area contributed by atoms with Gasteiger partial charge in [-0.25, -0.2) is 4.79 Å². The van der Waals surface area contributed by atoms with E-state index in [2.05, 4.69) is 22.3 Å². The zero-order valence-electron chi connectivity index (χ0n) is 13.2. The molecule has 122 valence electrons. The van der Waals surface area contributed by atoms with E-state index in [1.54, 1.807) is 17.1 Å². The molecule has 0 spiro atoms. The predicted molar refractivity (Wildman–Crippen MR) is 92.7 cm³/mol. The smallest absolute Gasteiger partial charge is 0.321 e. The van der Waals surface area contributed by atoms with Gasteiger partial charge < -0.3 is 10.2 Å². The molecule has 0 radical (unpaired) electrons. The van der Waals surface area contributed by atoms with Crippen molar-refractivity contribution >= 4 is 23.5 Å². The van der Waals surface area contributed by atoms with E-state index in [0.717, 1.165) is 35.9 Å². The lowest BCUT2D eigenvalue weighted by atomic mass is 10.2. The summed E-state index contributed by atoms with van der Waals surface area (Å²) in [5, 5.41) is 7.24. The minimum Gasteiger partial charge on any atom is -0.321 e. The highest BCUT2D eigenvalue weighted by Crippen LogP contribution is 2.17. The van der Waals surface area contributed by atoms with Crippen LogP contribution < -0.4 is 5.32 Å². The predicted octanol–water partition coefficient (Wildman–Crippen LogP) is 2.69. The molecule has 3 rings (SSSR count). The molecule has 3 heterocycles. The molecular weight excluding hydrogens is 310 g/mol. The van der Waals surface area contributed by atoms with E-state index < -0.39 is 0 Å². The Bertz CT molecular complexity index is 645. The molecule has 1 unspecified atom stereocenters.